The van der Waals surface area contributed by atoms with Gasteiger partial charge in [0.05, 0.1) is 20.0 Å². The predicted octanol–water partition coefficient (Wildman–Crippen LogP) is 2.88. The summed E-state index contributed by atoms with van der Waals surface area (Å²) >= 11 is 6.40. The van der Waals surface area contributed by atoms with Gasteiger partial charge < -0.3 is 30.0 Å². The van der Waals surface area contributed by atoms with E-state index in [1.54, 1.807) is 57.2 Å². The topological polar surface area (TPSA) is 145 Å². The number of aliphatic hydroxyl groups excluding tert-OH is 1. The van der Waals surface area contributed by atoms with Crippen molar-refractivity contribution in [3.8, 4) is 11.5 Å². The standard InChI is InChI=1S/C27H35ClN2O8S/c1-6-12-39(34,35)24(25(29)32)23-26(33)30(14-27(2,3)15-31)19-11-10-16(28)13-18(19)21(38-23)17-8-7-9-20(36-4)22(17)37-5/h7-11,13,21,23-24,31H,6,12,14-15H2,1-5H3,(H2,29,32)/t21-,23+,24?/m1/s1. The number of carbonyl (C=O) groups is 2. The van der Waals surface area contributed by atoms with Gasteiger partial charge in [-0.3, -0.25) is 9.59 Å². The Hall–Kier alpha value is -2.86. The number of hydrogen-bond acceptors (Lipinski definition) is 8. The zero-order valence-electron chi connectivity index (χ0n) is 22.6. The van der Waals surface area contributed by atoms with Crippen LogP contribution in [0.15, 0.2) is 36.4 Å². The molecule has 10 nitrogen and oxygen atoms in total. The Morgan fingerprint density at radius 2 is 1.90 bits per heavy atom. The van der Waals surface area contributed by atoms with E-state index in [1.807, 2.05) is 0 Å². The highest BCUT2D eigenvalue weighted by atomic mass is 35.5. The summed E-state index contributed by atoms with van der Waals surface area (Å²) in [6.45, 7) is 4.85. The number of ether oxygens (including phenoxy) is 3. The molecule has 3 atom stereocenters. The van der Waals surface area contributed by atoms with Crippen molar-refractivity contribution in [3.63, 3.8) is 0 Å². The molecule has 0 spiro atoms. The Kier molecular flexibility index (Phi) is 9.53. The zero-order valence-corrected chi connectivity index (χ0v) is 24.2. The van der Waals surface area contributed by atoms with E-state index in [1.165, 1.54) is 19.1 Å². The smallest absolute Gasteiger partial charge is 0.258 e. The third kappa shape index (κ3) is 6.32. The number of fused-ring (bicyclic) bond motifs is 1. The van der Waals surface area contributed by atoms with Crippen molar-refractivity contribution >= 4 is 38.9 Å². The van der Waals surface area contributed by atoms with Crippen LogP contribution >= 0.6 is 11.6 Å². The fraction of sp³-hybridized carbons (Fsp3) is 0.481. The van der Waals surface area contributed by atoms with Gasteiger partial charge in [-0.05, 0) is 30.7 Å². The summed E-state index contributed by atoms with van der Waals surface area (Å²) in [6.07, 6.45) is -2.71. The molecule has 0 saturated carbocycles. The molecular formula is C27H35ClN2O8S. The first-order valence-electron chi connectivity index (χ1n) is 12.4. The Labute approximate surface area is 233 Å². The maximum Gasteiger partial charge on any atom is 0.258 e. The number of nitrogens with zero attached hydrogens (tertiary/aromatic N) is 1. The molecule has 0 radical (unpaired) electrons. The predicted molar refractivity (Wildman–Crippen MR) is 148 cm³/mol. The number of methoxy groups -OCH3 is 2. The number of para-hydroxylation sites is 1. The van der Waals surface area contributed by atoms with Crippen LogP contribution in [0.1, 0.15) is 44.4 Å². The molecule has 0 fully saturated rings. The third-order valence-corrected chi connectivity index (χ3v) is 8.98. The van der Waals surface area contributed by atoms with Crippen LogP contribution in [0.5, 0.6) is 11.5 Å². The van der Waals surface area contributed by atoms with Crippen molar-refractivity contribution in [2.24, 2.45) is 11.1 Å². The highest BCUT2D eigenvalue weighted by Gasteiger charge is 2.49. The van der Waals surface area contributed by atoms with Gasteiger partial charge in [-0.15, -0.1) is 0 Å². The summed E-state index contributed by atoms with van der Waals surface area (Å²) in [5.74, 6) is -1.70. The van der Waals surface area contributed by atoms with Crippen LogP contribution < -0.4 is 20.1 Å². The molecule has 12 heteroatoms. The van der Waals surface area contributed by atoms with E-state index in [-0.39, 0.29) is 25.3 Å². The average molecular weight is 583 g/mol. The number of halogens is 1. The molecule has 2 aromatic rings. The lowest BCUT2D eigenvalue weighted by atomic mass is 9.92. The van der Waals surface area contributed by atoms with Gasteiger partial charge >= 0.3 is 0 Å². The normalized spacial score (nSPS) is 18.7. The Balaban J connectivity index is 2.39. The zero-order chi connectivity index (χ0) is 29.1. The molecule has 1 aliphatic rings. The highest BCUT2D eigenvalue weighted by molar-refractivity contribution is 7.92. The van der Waals surface area contributed by atoms with Gasteiger partial charge in [-0.1, -0.05) is 44.5 Å². The summed E-state index contributed by atoms with van der Waals surface area (Å²) in [7, 11) is -1.30. The Morgan fingerprint density at radius 3 is 2.46 bits per heavy atom. The van der Waals surface area contributed by atoms with Crippen LogP contribution in [-0.2, 0) is 24.2 Å². The van der Waals surface area contributed by atoms with Crippen LogP contribution in [0.3, 0.4) is 0 Å². The van der Waals surface area contributed by atoms with E-state index in [4.69, 9.17) is 31.5 Å². The molecule has 3 rings (SSSR count). The van der Waals surface area contributed by atoms with Gasteiger partial charge in [-0.25, -0.2) is 8.42 Å². The summed E-state index contributed by atoms with van der Waals surface area (Å²) in [5.41, 5.74) is 6.05. The molecule has 39 heavy (non-hydrogen) atoms. The van der Waals surface area contributed by atoms with Crippen molar-refractivity contribution in [1.29, 1.82) is 0 Å². The van der Waals surface area contributed by atoms with Crippen molar-refractivity contribution in [2.45, 2.75) is 44.6 Å². The van der Waals surface area contributed by atoms with E-state index in [2.05, 4.69) is 0 Å². The number of anilines is 1. The van der Waals surface area contributed by atoms with Crippen molar-refractivity contribution in [3.05, 3.63) is 52.5 Å². The van der Waals surface area contributed by atoms with Crippen LogP contribution in [0.4, 0.5) is 5.69 Å². The van der Waals surface area contributed by atoms with Crippen molar-refractivity contribution in [1.82, 2.24) is 0 Å². The Morgan fingerprint density at radius 1 is 1.21 bits per heavy atom. The summed E-state index contributed by atoms with van der Waals surface area (Å²) in [4.78, 5) is 28.2. The number of rotatable bonds is 11. The summed E-state index contributed by atoms with van der Waals surface area (Å²) in [5, 5.41) is 8.37. The first-order chi connectivity index (χ1) is 18.3. The molecule has 3 N–H and O–H groups in total. The third-order valence-electron chi connectivity index (χ3n) is 6.52. The Bertz CT molecular complexity index is 1330. The number of nitrogens with two attached hydrogens (primary N) is 1. The van der Waals surface area contributed by atoms with Gasteiger partial charge in [0.1, 0.15) is 6.10 Å². The molecule has 1 unspecified atom stereocenters. The summed E-state index contributed by atoms with van der Waals surface area (Å²) in [6, 6.07) is 9.87. The molecule has 0 saturated heterocycles. The second-order valence-corrected chi connectivity index (χ2v) is 12.8. The van der Waals surface area contributed by atoms with Gasteiger partial charge in [-0.2, -0.15) is 0 Å². The quantitative estimate of drug-likeness (QED) is 0.411. The van der Waals surface area contributed by atoms with Crippen LogP contribution in [-0.4, -0.2) is 69.8 Å². The van der Waals surface area contributed by atoms with E-state index in [9.17, 15) is 23.1 Å². The minimum Gasteiger partial charge on any atom is -0.493 e. The number of primary amides is 1. The van der Waals surface area contributed by atoms with E-state index < -0.39 is 44.5 Å². The highest BCUT2D eigenvalue weighted by Crippen LogP contribution is 2.46. The average Bonchev–Trinajstić information content (AvgIpc) is 2.98. The van der Waals surface area contributed by atoms with Crippen LogP contribution in [0.25, 0.3) is 0 Å². The molecule has 0 aliphatic carbocycles. The number of benzene rings is 2. The minimum absolute atomic E-state index is 0.0158. The lowest BCUT2D eigenvalue weighted by Gasteiger charge is -2.33. The van der Waals surface area contributed by atoms with E-state index >= 15 is 0 Å². The van der Waals surface area contributed by atoms with Gasteiger partial charge in [0.25, 0.3) is 5.91 Å². The lowest BCUT2D eigenvalue weighted by Crippen LogP contribution is -2.55. The van der Waals surface area contributed by atoms with Crippen molar-refractivity contribution in [2.75, 3.05) is 38.0 Å². The van der Waals surface area contributed by atoms with E-state index in [0.717, 1.165) is 0 Å². The minimum atomic E-state index is -4.20. The molecule has 0 bridgehead atoms. The molecule has 0 aromatic heterocycles. The molecule has 2 aromatic carbocycles. The van der Waals surface area contributed by atoms with E-state index in [0.29, 0.717) is 33.3 Å². The maximum atomic E-state index is 14.2. The molecule has 214 valence electrons. The van der Waals surface area contributed by atoms with Gasteiger partial charge in [0.15, 0.2) is 32.7 Å². The second-order valence-electron chi connectivity index (χ2n) is 10.2. The molecule has 1 heterocycles. The number of hydrogen-bond donors (Lipinski definition) is 2. The number of amides is 2. The first kappa shape index (κ1) is 30.7. The van der Waals surface area contributed by atoms with Crippen LogP contribution in [0, 0.1) is 5.41 Å². The SMILES string of the molecule is CCCS(=O)(=O)C(C(N)=O)[C@@H]1O[C@H](c2cccc(OC)c2OC)c2cc(Cl)ccc2N(CC(C)(C)CO)C1=O. The fourth-order valence-corrected chi connectivity index (χ4v) is 6.57. The van der Waals surface area contributed by atoms with Gasteiger partial charge in [0, 0.05) is 40.4 Å². The molecular weight excluding hydrogens is 548 g/mol. The monoisotopic (exact) mass is 582 g/mol. The summed E-state index contributed by atoms with van der Waals surface area (Å²) < 4.78 is 44.0. The lowest BCUT2D eigenvalue weighted by molar-refractivity contribution is -0.136. The number of carbonyl (C=O) groups excluding carboxylic acids is 2. The number of sulfone groups is 1. The number of aliphatic hydroxyl groups is 1. The fourth-order valence-electron chi connectivity index (χ4n) is 4.66. The van der Waals surface area contributed by atoms with Gasteiger partial charge in [0.2, 0.25) is 5.91 Å². The second kappa shape index (κ2) is 12.1. The van der Waals surface area contributed by atoms with Crippen molar-refractivity contribution < 1.29 is 37.3 Å². The first-order valence-corrected chi connectivity index (χ1v) is 14.5. The molecule has 1 aliphatic heterocycles. The largest absolute Gasteiger partial charge is 0.493 e. The van der Waals surface area contributed by atoms with Crippen LogP contribution in [0.2, 0.25) is 5.02 Å². The molecule has 2 amide bonds. The maximum absolute atomic E-state index is 14.2.